The molecular formula is C9H17N5. The number of aliphatic imine (C=N–C) groups is 1. The zero-order valence-electron chi connectivity index (χ0n) is 8.75. The Bertz CT molecular complexity index is 279. The minimum absolute atomic E-state index is 0.634. The number of nitrogens with one attached hydrogen (secondary N) is 1. The summed E-state index contributed by atoms with van der Waals surface area (Å²) in [7, 11) is 0. The molecule has 0 aliphatic carbocycles. The van der Waals surface area contributed by atoms with Crippen LogP contribution in [0, 0.1) is 0 Å². The van der Waals surface area contributed by atoms with Crippen LogP contribution in [0.2, 0.25) is 0 Å². The van der Waals surface area contributed by atoms with Crippen molar-refractivity contribution in [1.29, 1.82) is 0 Å². The van der Waals surface area contributed by atoms with E-state index >= 15 is 0 Å². The third kappa shape index (κ3) is 2.32. The van der Waals surface area contributed by atoms with Gasteiger partial charge < -0.3 is 5.01 Å². The zero-order valence-corrected chi connectivity index (χ0v) is 8.75. The van der Waals surface area contributed by atoms with Crippen molar-refractivity contribution in [2.24, 2.45) is 15.9 Å². The van der Waals surface area contributed by atoms with E-state index in [2.05, 4.69) is 29.0 Å². The minimum Gasteiger partial charge on any atom is -0.308 e. The predicted octanol–water partition coefficient (Wildman–Crippen LogP) is 0.463. The van der Waals surface area contributed by atoms with Gasteiger partial charge in [0.05, 0.1) is 18.0 Å². The molecule has 0 spiro atoms. The van der Waals surface area contributed by atoms with Crippen LogP contribution in [0.3, 0.4) is 0 Å². The summed E-state index contributed by atoms with van der Waals surface area (Å²) in [5, 5.41) is 5.70. The predicted molar refractivity (Wildman–Crippen MR) is 58.9 cm³/mol. The number of hydrogen-bond donors (Lipinski definition) is 2. The fourth-order valence-corrected chi connectivity index (χ4v) is 1.05. The van der Waals surface area contributed by atoms with Gasteiger partial charge in [-0.15, -0.1) is 0 Å². The zero-order chi connectivity index (χ0) is 10.6. The average molecular weight is 195 g/mol. The van der Waals surface area contributed by atoms with Crippen molar-refractivity contribution in [3.63, 3.8) is 0 Å². The highest BCUT2D eigenvalue weighted by Crippen LogP contribution is 2.01. The third-order valence-corrected chi connectivity index (χ3v) is 2.11. The van der Waals surface area contributed by atoms with Gasteiger partial charge in [0.1, 0.15) is 0 Å². The second-order valence-corrected chi connectivity index (χ2v) is 3.04. The summed E-state index contributed by atoms with van der Waals surface area (Å²) in [5.41, 5.74) is 4.57. The van der Waals surface area contributed by atoms with Crippen molar-refractivity contribution < 1.29 is 0 Å². The summed E-state index contributed by atoms with van der Waals surface area (Å²) in [6, 6.07) is 0. The minimum atomic E-state index is 0.634. The van der Waals surface area contributed by atoms with Crippen LogP contribution in [-0.4, -0.2) is 29.6 Å². The largest absolute Gasteiger partial charge is 0.308 e. The van der Waals surface area contributed by atoms with Gasteiger partial charge in [-0.2, -0.15) is 5.10 Å². The van der Waals surface area contributed by atoms with Crippen molar-refractivity contribution >= 4 is 11.5 Å². The fraction of sp³-hybridized carbons (Fsp3) is 0.556. The van der Waals surface area contributed by atoms with Crippen LogP contribution in [-0.2, 0) is 0 Å². The highest BCUT2D eigenvalue weighted by Gasteiger charge is 2.12. The van der Waals surface area contributed by atoms with Crippen LogP contribution in [0.15, 0.2) is 22.4 Å². The van der Waals surface area contributed by atoms with E-state index in [1.165, 1.54) is 5.01 Å². The Morgan fingerprint density at radius 3 is 2.79 bits per heavy atom. The monoisotopic (exact) mass is 195 g/mol. The van der Waals surface area contributed by atoms with Crippen molar-refractivity contribution in [3.05, 3.63) is 12.3 Å². The van der Waals surface area contributed by atoms with Crippen LogP contribution >= 0.6 is 0 Å². The molecule has 1 heterocycles. The molecule has 0 saturated heterocycles. The maximum Gasteiger partial charge on any atom is 0.166 e. The lowest BCUT2D eigenvalue weighted by Crippen LogP contribution is -2.39. The molecule has 0 saturated carbocycles. The molecule has 0 unspecified atom stereocenters. The number of likely N-dealkylation sites (N-methyl/N-ethyl adjacent to an activating group) is 1. The molecule has 0 fully saturated rings. The molecule has 5 heteroatoms. The lowest BCUT2D eigenvalue weighted by molar-refractivity contribution is 0.397. The SMILES string of the molecule is C=C(C1=NCC(CC)=NN1)N(N)CC. The number of nitrogens with two attached hydrogens (primary N) is 1. The van der Waals surface area contributed by atoms with E-state index in [1.807, 2.05) is 6.92 Å². The van der Waals surface area contributed by atoms with Gasteiger partial charge in [-0.1, -0.05) is 13.5 Å². The summed E-state index contributed by atoms with van der Waals surface area (Å²) in [5.74, 6) is 6.34. The van der Waals surface area contributed by atoms with E-state index in [0.717, 1.165) is 12.1 Å². The molecule has 0 radical (unpaired) electrons. The van der Waals surface area contributed by atoms with E-state index in [0.29, 0.717) is 24.6 Å². The lowest BCUT2D eigenvalue weighted by atomic mass is 10.3. The Labute approximate surface area is 84.3 Å². The average Bonchev–Trinajstić information content (AvgIpc) is 2.27. The Hall–Kier alpha value is -1.36. The summed E-state index contributed by atoms with van der Waals surface area (Å²) < 4.78 is 0. The van der Waals surface area contributed by atoms with Gasteiger partial charge in [0, 0.05) is 6.54 Å². The summed E-state index contributed by atoms with van der Waals surface area (Å²) in [6.07, 6.45) is 0.913. The normalized spacial score (nSPS) is 15.4. The number of hydrogen-bond acceptors (Lipinski definition) is 5. The number of hydrazone groups is 1. The summed E-state index contributed by atoms with van der Waals surface area (Å²) >= 11 is 0. The second-order valence-electron chi connectivity index (χ2n) is 3.04. The Balaban J connectivity index is 2.57. The topological polar surface area (TPSA) is 66.0 Å². The van der Waals surface area contributed by atoms with Crippen molar-refractivity contribution in [1.82, 2.24) is 10.4 Å². The van der Waals surface area contributed by atoms with Gasteiger partial charge in [-0.25, -0.2) is 5.84 Å². The van der Waals surface area contributed by atoms with E-state index in [-0.39, 0.29) is 0 Å². The van der Waals surface area contributed by atoms with Crippen LogP contribution in [0.5, 0.6) is 0 Å². The van der Waals surface area contributed by atoms with Crippen molar-refractivity contribution in [2.75, 3.05) is 13.1 Å². The maximum atomic E-state index is 5.68. The van der Waals surface area contributed by atoms with Crippen molar-refractivity contribution in [3.8, 4) is 0 Å². The van der Waals surface area contributed by atoms with Gasteiger partial charge in [-0.05, 0) is 13.3 Å². The van der Waals surface area contributed by atoms with Crippen molar-refractivity contribution in [2.45, 2.75) is 20.3 Å². The van der Waals surface area contributed by atoms with Crippen LogP contribution in [0.25, 0.3) is 0 Å². The fourth-order valence-electron chi connectivity index (χ4n) is 1.05. The van der Waals surface area contributed by atoms with Crippen LogP contribution in [0.1, 0.15) is 20.3 Å². The highest BCUT2D eigenvalue weighted by atomic mass is 15.4. The Morgan fingerprint density at radius 1 is 1.64 bits per heavy atom. The van der Waals surface area contributed by atoms with E-state index in [9.17, 15) is 0 Å². The molecule has 0 amide bonds. The van der Waals surface area contributed by atoms with Gasteiger partial charge >= 0.3 is 0 Å². The maximum absolute atomic E-state index is 5.68. The second kappa shape index (κ2) is 4.76. The van der Waals surface area contributed by atoms with Gasteiger partial charge in [0.15, 0.2) is 5.84 Å². The number of rotatable bonds is 4. The number of amidine groups is 1. The quantitative estimate of drug-likeness (QED) is 0.506. The summed E-state index contributed by atoms with van der Waals surface area (Å²) in [6.45, 7) is 9.18. The molecular weight excluding hydrogens is 178 g/mol. The molecule has 5 nitrogen and oxygen atoms in total. The molecule has 3 N–H and O–H groups in total. The van der Waals surface area contributed by atoms with Crippen LogP contribution < -0.4 is 11.3 Å². The van der Waals surface area contributed by atoms with E-state index < -0.39 is 0 Å². The number of nitrogens with zero attached hydrogens (tertiary/aromatic N) is 3. The molecule has 1 aliphatic rings. The first kappa shape index (κ1) is 10.7. The molecule has 0 aromatic carbocycles. The Morgan fingerprint density at radius 2 is 2.36 bits per heavy atom. The first-order valence-electron chi connectivity index (χ1n) is 4.76. The third-order valence-electron chi connectivity index (χ3n) is 2.11. The molecule has 78 valence electrons. The molecule has 0 aromatic rings. The molecule has 1 aliphatic heterocycles. The smallest absolute Gasteiger partial charge is 0.166 e. The van der Waals surface area contributed by atoms with Gasteiger partial charge in [0.2, 0.25) is 0 Å². The standard InChI is InChI=1S/C9H17N5/c1-4-8-6-11-9(13-12-8)7(3)14(10)5-2/h3-6,10H2,1-2H3,(H,11,13). The van der Waals surface area contributed by atoms with Crippen LogP contribution in [0.4, 0.5) is 0 Å². The van der Waals surface area contributed by atoms with Gasteiger partial charge in [0.25, 0.3) is 0 Å². The molecule has 0 bridgehead atoms. The molecule has 0 aromatic heterocycles. The lowest BCUT2D eigenvalue weighted by Gasteiger charge is -2.22. The molecule has 1 rings (SSSR count). The van der Waals surface area contributed by atoms with Gasteiger partial charge in [-0.3, -0.25) is 10.4 Å². The molecule has 14 heavy (non-hydrogen) atoms. The first-order valence-corrected chi connectivity index (χ1v) is 4.76. The number of hydrazine groups is 1. The first-order chi connectivity index (χ1) is 6.69. The Kier molecular flexibility index (Phi) is 3.64. The summed E-state index contributed by atoms with van der Waals surface area (Å²) in [4.78, 5) is 4.30. The highest BCUT2D eigenvalue weighted by molar-refractivity contribution is 6.01. The van der Waals surface area contributed by atoms with E-state index in [1.54, 1.807) is 0 Å². The van der Waals surface area contributed by atoms with E-state index in [4.69, 9.17) is 5.84 Å². The molecule has 0 atom stereocenters.